The van der Waals surface area contributed by atoms with Crippen molar-refractivity contribution in [3.8, 4) is 0 Å². The minimum atomic E-state index is 0.160. The summed E-state index contributed by atoms with van der Waals surface area (Å²) >= 11 is 0. The van der Waals surface area contributed by atoms with Crippen LogP contribution in [0, 0.1) is 5.92 Å². The molecule has 0 bridgehead atoms. The van der Waals surface area contributed by atoms with Gasteiger partial charge in [-0.1, -0.05) is 20.3 Å². The predicted molar refractivity (Wildman–Crippen MR) is 59.5 cm³/mol. The highest BCUT2D eigenvalue weighted by Crippen LogP contribution is 2.20. The molecule has 0 saturated carbocycles. The molecule has 0 aliphatic carbocycles. The van der Waals surface area contributed by atoms with Gasteiger partial charge in [-0.15, -0.1) is 0 Å². The van der Waals surface area contributed by atoms with E-state index in [-0.39, 0.29) is 11.7 Å². The molecule has 0 aromatic rings. The van der Waals surface area contributed by atoms with Crippen molar-refractivity contribution in [1.29, 1.82) is 0 Å². The first-order valence-electron chi connectivity index (χ1n) is 5.96. The van der Waals surface area contributed by atoms with Gasteiger partial charge in [0.25, 0.3) is 0 Å². The van der Waals surface area contributed by atoms with Crippen molar-refractivity contribution < 1.29 is 9.59 Å². The Morgan fingerprint density at radius 1 is 1.40 bits per heavy atom. The summed E-state index contributed by atoms with van der Waals surface area (Å²) in [6.07, 6.45) is 4.34. The second-order valence-corrected chi connectivity index (χ2v) is 4.31. The molecule has 1 saturated heterocycles. The maximum Gasteiger partial charge on any atom is 0.222 e. The normalized spacial score (nSPS) is 22.7. The van der Waals surface area contributed by atoms with E-state index in [9.17, 15) is 9.59 Å². The van der Waals surface area contributed by atoms with Gasteiger partial charge in [-0.25, -0.2) is 0 Å². The number of amides is 1. The number of rotatable bonds is 4. The standard InChI is InChI=1S/C12H21NO2/c1-3-10-5-6-12(15)13(8-7-10)9-11(14)4-2/h10H,3-9H2,1-2H3. The molecule has 1 fully saturated rings. The summed E-state index contributed by atoms with van der Waals surface area (Å²) in [7, 11) is 0. The summed E-state index contributed by atoms with van der Waals surface area (Å²) in [6, 6.07) is 0. The lowest BCUT2D eigenvalue weighted by atomic mass is 9.98. The molecule has 15 heavy (non-hydrogen) atoms. The summed E-state index contributed by atoms with van der Waals surface area (Å²) in [5.41, 5.74) is 0. The topological polar surface area (TPSA) is 37.4 Å². The maximum absolute atomic E-state index is 11.7. The smallest absolute Gasteiger partial charge is 0.222 e. The fourth-order valence-electron chi connectivity index (χ4n) is 1.99. The van der Waals surface area contributed by atoms with Crippen molar-refractivity contribution in [3.63, 3.8) is 0 Å². The van der Waals surface area contributed by atoms with E-state index < -0.39 is 0 Å². The lowest BCUT2D eigenvalue weighted by Crippen LogP contribution is -2.35. The van der Waals surface area contributed by atoms with Gasteiger partial charge in [-0.3, -0.25) is 9.59 Å². The number of Topliss-reactive ketones (excluding diaryl/α,β-unsaturated/α-hetero) is 1. The zero-order valence-electron chi connectivity index (χ0n) is 9.79. The zero-order valence-corrected chi connectivity index (χ0v) is 9.79. The molecule has 1 rings (SSSR count). The molecule has 0 radical (unpaired) electrons. The van der Waals surface area contributed by atoms with Crippen LogP contribution in [0.4, 0.5) is 0 Å². The fraction of sp³-hybridized carbons (Fsp3) is 0.833. The first-order chi connectivity index (χ1) is 7.17. The third kappa shape index (κ3) is 3.65. The van der Waals surface area contributed by atoms with E-state index in [1.807, 2.05) is 6.92 Å². The fourth-order valence-corrected chi connectivity index (χ4v) is 1.99. The van der Waals surface area contributed by atoms with Crippen molar-refractivity contribution in [3.05, 3.63) is 0 Å². The third-order valence-electron chi connectivity index (χ3n) is 3.27. The Labute approximate surface area is 91.8 Å². The van der Waals surface area contributed by atoms with Gasteiger partial charge < -0.3 is 4.90 Å². The van der Waals surface area contributed by atoms with Gasteiger partial charge in [-0.05, 0) is 18.8 Å². The van der Waals surface area contributed by atoms with Crippen LogP contribution < -0.4 is 0 Å². The largest absolute Gasteiger partial charge is 0.335 e. The molecule has 0 aromatic heterocycles. The van der Waals surface area contributed by atoms with Gasteiger partial charge >= 0.3 is 0 Å². The molecule has 0 aromatic carbocycles. The number of nitrogens with zero attached hydrogens (tertiary/aromatic N) is 1. The van der Waals surface area contributed by atoms with Gasteiger partial charge in [-0.2, -0.15) is 0 Å². The van der Waals surface area contributed by atoms with Gasteiger partial charge in [0.2, 0.25) is 5.91 Å². The van der Waals surface area contributed by atoms with Crippen LogP contribution in [0.1, 0.15) is 46.0 Å². The SMILES string of the molecule is CCC(=O)CN1CCC(CC)CCC1=O. The highest BCUT2D eigenvalue weighted by Gasteiger charge is 2.22. The van der Waals surface area contributed by atoms with Gasteiger partial charge in [0.1, 0.15) is 0 Å². The van der Waals surface area contributed by atoms with E-state index >= 15 is 0 Å². The summed E-state index contributed by atoms with van der Waals surface area (Å²) in [6.45, 7) is 5.11. The average Bonchev–Trinajstić information content (AvgIpc) is 2.42. The molecule has 86 valence electrons. The average molecular weight is 211 g/mol. The Kier molecular flexibility index (Phi) is 4.79. The van der Waals surface area contributed by atoms with Crippen LogP contribution in [0.2, 0.25) is 0 Å². The molecular formula is C12H21NO2. The van der Waals surface area contributed by atoms with Gasteiger partial charge in [0.15, 0.2) is 5.78 Å². The molecule has 1 aliphatic heterocycles. The van der Waals surface area contributed by atoms with E-state index in [0.29, 0.717) is 25.3 Å². The summed E-state index contributed by atoms with van der Waals surface area (Å²) in [4.78, 5) is 24.7. The van der Waals surface area contributed by atoms with Crippen LogP contribution in [0.15, 0.2) is 0 Å². The third-order valence-corrected chi connectivity index (χ3v) is 3.27. The molecule has 1 unspecified atom stereocenters. The molecule has 3 heteroatoms. The Morgan fingerprint density at radius 2 is 2.13 bits per heavy atom. The van der Waals surface area contributed by atoms with E-state index in [2.05, 4.69) is 6.92 Å². The Balaban J connectivity index is 2.50. The number of ketones is 1. The summed E-state index contributed by atoms with van der Waals surface area (Å²) < 4.78 is 0. The lowest BCUT2D eigenvalue weighted by molar-refractivity contribution is -0.134. The zero-order chi connectivity index (χ0) is 11.3. The minimum Gasteiger partial charge on any atom is -0.335 e. The first-order valence-corrected chi connectivity index (χ1v) is 5.96. The quantitative estimate of drug-likeness (QED) is 0.713. The Hall–Kier alpha value is -0.860. The van der Waals surface area contributed by atoms with Crippen molar-refractivity contribution in [2.24, 2.45) is 5.92 Å². The highest BCUT2D eigenvalue weighted by atomic mass is 16.2. The number of hydrogen-bond donors (Lipinski definition) is 0. The van der Waals surface area contributed by atoms with Crippen LogP contribution in [0.3, 0.4) is 0 Å². The monoisotopic (exact) mass is 211 g/mol. The second kappa shape index (κ2) is 5.89. The molecule has 3 nitrogen and oxygen atoms in total. The van der Waals surface area contributed by atoms with Crippen molar-refractivity contribution >= 4 is 11.7 Å². The van der Waals surface area contributed by atoms with Crippen LogP contribution in [0.25, 0.3) is 0 Å². The summed E-state index contributed by atoms with van der Waals surface area (Å²) in [5, 5.41) is 0. The Bertz CT molecular complexity index is 238. The molecular weight excluding hydrogens is 190 g/mol. The van der Waals surface area contributed by atoms with Crippen molar-refractivity contribution in [2.75, 3.05) is 13.1 Å². The number of carbonyl (C=O) groups is 2. The predicted octanol–water partition coefficient (Wildman–Crippen LogP) is 2.00. The van der Waals surface area contributed by atoms with Crippen LogP contribution in [0.5, 0.6) is 0 Å². The van der Waals surface area contributed by atoms with E-state index in [4.69, 9.17) is 0 Å². The van der Waals surface area contributed by atoms with Crippen molar-refractivity contribution in [1.82, 2.24) is 4.90 Å². The molecule has 1 aliphatic rings. The first kappa shape index (κ1) is 12.2. The van der Waals surface area contributed by atoms with Gasteiger partial charge in [0, 0.05) is 19.4 Å². The molecule has 1 amide bonds. The van der Waals surface area contributed by atoms with Crippen LogP contribution in [-0.2, 0) is 9.59 Å². The van der Waals surface area contributed by atoms with Crippen molar-refractivity contribution in [2.45, 2.75) is 46.0 Å². The lowest BCUT2D eigenvalue weighted by Gasteiger charge is -2.19. The maximum atomic E-state index is 11.7. The van der Waals surface area contributed by atoms with Crippen LogP contribution in [-0.4, -0.2) is 29.7 Å². The number of likely N-dealkylation sites (tertiary alicyclic amines) is 1. The highest BCUT2D eigenvalue weighted by molar-refractivity contribution is 5.86. The molecule has 1 heterocycles. The van der Waals surface area contributed by atoms with Crippen LogP contribution >= 0.6 is 0 Å². The van der Waals surface area contributed by atoms with Gasteiger partial charge in [0.05, 0.1) is 6.54 Å². The molecule has 0 spiro atoms. The molecule has 1 atom stereocenters. The Morgan fingerprint density at radius 3 is 2.73 bits per heavy atom. The van der Waals surface area contributed by atoms with E-state index in [1.54, 1.807) is 4.90 Å². The second-order valence-electron chi connectivity index (χ2n) is 4.31. The minimum absolute atomic E-state index is 0.160. The molecule has 0 N–H and O–H groups in total. The number of hydrogen-bond acceptors (Lipinski definition) is 2. The number of carbonyl (C=O) groups excluding carboxylic acids is 2. The summed E-state index contributed by atoms with van der Waals surface area (Å²) in [5.74, 6) is 0.988. The van der Waals surface area contributed by atoms with E-state index in [1.165, 1.54) is 0 Å². The van der Waals surface area contributed by atoms with E-state index in [0.717, 1.165) is 25.8 Å².